The summed E-state index contributed by atoms with van der Waals surface area (Å²) in [7, 11) is 1.01. The molecule has 7 nitrogen and oxygen atoms in total. The lowest BCUT2D eigenvalue weighted by atomic mass is 9.90. The predicted octanol–water partition coefficient (Wildman–Crippen LogP) is 3.75. The monoisotopic (exact) mass is 445 g/mol. The van der Waals surface area contributed by atoms with Gasteiger partial charge in [-0.25, -0.2) is 9.97 Å². The lowest BCUT2D eigenvalue weighted by molar-refractivity contribution is 0.413. The van der Waals surface area contributed by atoms with Crippen molar-refractivity contribution < 1.29 is 9.16 Å². The number of piperidine rings is 1. The van der Waals surface area contributed by atoms with Crippen LogP contribution in [0.1, 0.15) is 29.9 Å². The van der Waals surface area contributed by atoms with Crippen molar-refractivity contribution in [2.45, 2.75) is 25.3 Å². The van der Waals surface area contributed by atoms with Gasteiger partial charge in [-0.1, -0.05) is 12.1 Å². The van der Waals surface area contributed by atoms with E-state index in [0.717, 1.165) is 48.5 Å². The normalized spacial score (nSPS) is 14.3. The van der Waals surface area contributed by atoms with Gasteiger partial charge in [-0.15, -0.1) is 0 Å². The van der Waals surface area contributed by atoms with Gasteiger partial charge in [0.25, 0.3) is 0 Å². The fraction of sp³-hybridized carbons (Fsp3) is 0.292. The maximum Gasteiger partial charge on any atom is 0.227 e. The summed E-state index contributed by atoms with van der Waals surface area (Å²) in [5.74, 6) is 2.46. The summed E-state index contributed by atoms with van der Waals surface area (Å²) in [4.78, 5) is 8.95. The van der Waals surface area contributed by atoms with Crippen LogP contribution >= 0.6 is 0 Å². The molecular weight excluding hydrogens is 418 g/mol. The minimum absolute atomic E-state index is 0.493. The molecule has 32 heavy (non-hydrogen) atoms. The summed E-state index contributed by atoms with van der Waals surface area (Å²) in [6, 6.07) is 14.0. The van der Waals surface area contributed by atoms with Gasteiger partial charge in [0.1, 0.15) is 17.6 Å². The van der Waals surface area contributed by atoms with Crippen LogP contribution in [0, 0.1) is 11.3 Å². The van der Waals surface area contributed by atoms with E-state index in [4.69, 9.17) is 9.16 Å². The zero-order chi connectivity index (χ0) is 22.3. The van der Waals surface area contributed by atoms with Gasteiger partial charge in [-0.2, -0.15) is 5.26 Å². The third kappa shape index (κ3) is 4.90. The van der Waals surface area contributed by atoms with Gasteiger partial charge in [0.15, 0.2) is 0 Å². The molecule has 1 fully saturated rings. The van der Waals surface area contributed by atoms with Gasteiger partial charge in [-0.3, -0.25) is 0 Å². The Morgan fingerprint density at radius 3 is 2.53 bits per heavy atom. The molecule has 1 aliphatic heterocycles. The third-order valence-corrected chi connectivity index (χ3v) is 6.27. The summed E-state index contributed by atoms with van der Waals surface area (Å²) in [6.45, 7) is 4.14. The van der Waals surface area contributed by atoms with E-state index < -0.39 is 9.76 Å². The number of rotatable bonds is 7. The van der Waals surface area contributed by atoms with Crippen molar-refractivity contribution in [3.8, 4) is 28.7 Å². The highest BCUT2D eigenvalue weighted by Crippen LogP contribution is 2.34. The Morgan fingerprint density at radius 1 is 1.06 bits per heavy atom. The average Bonchev–Trinajstić information content (AvgIpc) is 2.85. The highest BCUT2D eigenvalue weighted by Gasteiger charge is 2.17. The van der Waals surface area contributed by atoms with Gasteiger partial charge < -0.3 is 19.8 Å². The molecule has 8 heteroatoms. The molecule has 0 atom stereocenters. The van der Waals surface area contributed by atoms with Gasteiger partial charge in [0.2, 0.25) is 15.7 Å². The Hall–Kier alpha value is -3.41. The van der Waals surface area contributed by atoms with E-state index in [1.807, 2.05) is 24.7 Å². The number of hydrogen-bond donors (Lipinski definition) is 2. The van der Waals surface area contributed by atoms with E-state index >= 15 is 0 Å². The molecular formula is C24H27N5O2Si. The Balaban J connectivity index is 1.51. The highest BCUT2D eigenvalue weighted by molar-refractivity contribution is 6.26. The first kappa shape index (κ1) is 21.8. The van der Waals surface area contributed by atoms with E-state index in [-0.39, 0.29) is 0 Å². The van der Waals surface area contributed by atoms with Crippen LogP contribution in [0.3, 0.4) is 0 Å². The van der Waals surface area contributed by atoms with E-state index in [2.05, 4.69) is 38.8 Å². The van der Waals surface area contributed by atoms with E-state index in [1.165, 1.54) is 5.56 Å². The van der Waals surface area contributed by atoms with Gasteiger partial charge >= 0.3 is 0 Å². The minimum atomic E-state index is -0.674. The first-order chi connectivity index (χ1) is 15.7. The fourth-order valence-electron chi connectivity index (χ4n) is 3.95. The topological polar surface area (TPSA) is 92.1 Å². The molecule has 0 radical (unpaired) electrons. The first-order valence-electron chi connectivity index (χ1n) is 10.9. The number of hydrogen-bond acceptors (Lipinski definition) is 7. The molecule has 1 saturated heterocycles. The van der Waals surface area contributed by atoms with Crippen molar-refractivity contribution in [1.29, 1.82) is 5.26 Å². The SMILES string of the molecule is COc1cc(C2CCNCC2)ccc1Nc1ncc(-c2ccc(C#N)c(O[SiH2]C)c2)cn1. The molecule has 1 aromatic heterocycles. The van der Waals surface area contributed by atoms with E-state index in [9.17, 15) is 5.26 Å². The molecule has 3 aromatic rings. The van der Waals surface area contributed by atoms with Gasteiger partial charge in [0.05, 0.1) is 18.4 Å². The smallest absolute Gasteiger partial charge is 0.227 e. The number of aromatic nitrogens is 2. The number of ether oxygens (including phenoxy) is 1. The quantitative estimate of drug-likeness (QED) is 0.535. The van der Waals surface area contributed by atoms with Gasteiger partial charge in [-0.05, 0) is 73.8 Å². The van der Waals surface area contributed by atoms with Crippen molar-refractivity contribution in [2.24, 2.45) is 0 Å². The summed E-state index contributed by atoms with van der Waals surface area (Å²) in [5, 5.41) is 15.9. The maximum atomic E-state index is 9.26. The minimum Gasteiger partial charge on any atom is -0.549 e. The molecule has 0 unspecified atom stereocenters. The summed E-state index contributed by atoms with van der Waals surface area (Å²) < 4.78 is 11.3. The molecule has 2 heterocycles. The van der Waals surface area contributed by atoms with E-state index in [1.54, 1.807) is 25.6 Å². The molecule has 0 saturated carbocycles. The molecule has 0 amide bonds. The van der Waals surface area contributed by atoms with Crippen LogP contribution in [0.25, 0.3) is 11.1 Å². The Bertz CT molecular complexity index is 1110. The second-order valence-corrected chi connectivity index (χ2v) is 8.53. The Morgan fingerprint density at radius 2 is 1.84 bits per heavy atom. The van der Waals surface area contributed by atoms with Crippen LogP contribution in [0.5, 0.6) is 11.5 Å². The third-order valence-electron chi connectivity index (χ3n) is 5.67. The number of nitrogens with one attached hydrogen (secondary N) is 2. The highest BCUT2D eigenvalue weighted by atomic mass is 28.2. The summed E-state index contributed by atoms with van der Waals surface area (Å²) >= 11 is 0. The predicted molar refractivity (Wildman–Crippen MR) is 128 cm³/mol. The van der Waals surface area contributed by atoms with Crippen LogP contribution in [-0.4, -0.2) is 39.9 Å². The fourth-order valence-corrected chi connectivity index (χ4v) is 4.50. The lowest BCUT2D eigenvalue weighted by Gasteiger charge is -2.24. The van der Waals surface area contributed by atoms with Gasteiger partial charge in [0, 0.05) is 18.0 Å². The number of anilines is 2. The largest absolute Gasteiger partial charge is 0.549 e. The first-order valence-corrected chi connectivity index (χ1v) is 12.9. The number of nitrogens with zero attached hydrogens (tertiary/aromatic N) is 3. The zero-order valence-corrected chi connectivity index (χ0v) is 19.8. The van der Waals surface area contributed by atoms with E-state index in [0.29, 0.717) is 23.2 Å². The summed E-state index contributed by atoms with van der Waals surface area (Å²) in [5.41, 5.74) is 4.45. The van der Waals surface area contributed by atoms with Crippen molar-refractivity contribution >= 4 is 21.4 Å². The molecule has 0 spiro atoms. The molecule has 1 aliphatic rings. The lowest BCUT2D eigenvalue weighted by Crippen LogP contribution is -2.26. The van der Waals surface area contributed by atoms with Crippen molar-refractivity contribution in [2.75, 3.05) is 25.5 Å². The maximum absolute atomic E-state index is 9.26. The molecule has 0 aliphatic carbocycles. The average molecular weight is 446 g/mol. The van der Waals surface area contributed by atoms with Crippen LogP contribution in [0.2, 0.25) is 6.55 Å². The molecule has 2 aromatic carbocycles. The number of methoxy groups -OCH3 is 1. The number of nitriles is 1. The van der Waals surface area contributed by atoms with Crippen LogP contribution in [0.4, 0.5) is 11.6 Å². The standard InChI is InChI=1S/C24H27N5O2Si/c1-30-23-12-17(16-7-9-26-10-8-16)5-6-21(23)29-24-27-14-20(15-28-24)18-3-4-19(13-25)22(11-18)31-32-2/h3-6,11-12,14-16,26H,7-10,32H2,1-2H3,(H,27,28,29). The van der Waals surface area contributed by atoms with Crippen molar-refractivity contribution in [3.63, 3.8) is 0 Å². The second-order valence-electron chi connectivity index (χ2n) is 7.66. The van der Waals surface area contributed by atoms with Crippen LogP contribution < -0.4 is 19.8 Å². The van der Waals surface area contributed by atoms with Crippen LogP contribution in [0.15, 0.2) is 48.8 Å². The molecule has 164 valence electrons. The zero-order valence-electron chi connectivity index (χ0n) is 18.4. The molecule has 4 rings (SSSR count). The molecule has 0 bridgehead atoms. The Kier molecular flexibility index (Phi) is 6.99. The van der Waals surface area contributed by atoms with Crippen molar-refractivity contribution in [1.82, 2.24) is 15.3 Å². The van der Waals surface area contributed by atoms with Crippen LogP contribution in [-0.2, 0) is 0 Å². The second kappa shape index (κ2) is 10.3. The van der Waals surface area contributed by atoms with Crippen molar-refractivity contribution in [3.05, 3.63) is 59.9 Å². The molecule has 2 N–H and O–H groups in total. The summed E-state index contributed by atoms with van der Waals surface area (Å²) in [6.07, 6.45) is 5.81. The number of benzene rings is 2. The Labute approximate surface area is 190 Å².